The van der Waals surface area contributed by atoms with Gasteiger partial charge in [-0.2, -0.15) is 0 Å². The van der Waals surface area contributed by atoms with Crippen LogP contribution in [0.5, 0.6) is 0 Å². The maximum absolute atomic E-state index is 13.0. The highest BCUT2D eigenvalue weighted by Crippen LogP contribution is 2.23. The number of unbranched alkanes of at least 4 members (excludes halogenated alkanes) is 1. The van der Waals surface area contributed by atoms with E-state index in [0.717, 1.165) is 31.2 Å². The predicted octanol–water partition coefficient (Wildman–Crippen LogP) is 3.94. The average Bonchev–Trinajstić information content (AvgIpc) is 3.46. The van der Waals surface area contributed by atoms with Gasteiger partial charge in [-0.1, -0.05) is 49.3 Å². The molecule has 2 N–H and O–H groups in total. The molecule has 1 atom stereocenters. The molecule has 3 heterocycles. The molecular formula is C23H30F2N6OS. The number of fused-ring (bicyclic) bond motifs is 1. The Morgan fingerprint density at radius 3 is 2.76 bits per heavy atom. The number of carbonyl (C=O) groups is 1. The smallest absolute Gasteiger partial charge is 0.282 e. The van der Waals surface area contributed by atoms with Crippen LogP contribution < -0.4 is 10.2 Å². The Morgan fingerprint density at radius 2 is 2.00 bits per heavy atom. The number of nitrogens with one attached hydrogen (secondary N) is 2. The largest absolute Gasteiger partial charge is 0.361 e. The van der Waals surface area contributed by atoms with E-state index in [4.69, 9.17) is 0 Å². The van der Waals surface area contributed by atoms with Gasteiger partial charge in [-0.3, -0.25) is 9.69 Å². The Kier molecular flexibility index (Phi) is 7.87. The van der Waals surface area contributed by atoms with Crippen LogP contribution in [-0.4, -0.2) is 71.2 Å². The molecule has 7 nitrogen and oxygen atoms in total. The minimum Gasteiger partial charge on any atom is -0.361 e. The quantitative estimate of drug-likeness (QED) is 0.464. The summed E-state index contributed by atoms with van der Waals surface area (Å²) in [5.74, 6) is -0.212. The number of hydrogen-bond donors (Lipinski definition) is 2. The molecule has 178 valence electrons. The lowest BCUT2D eigenvalue weighted by molar-refractivity contribution is 0.0854. The highest BCUT2D eigenvalue weighted by molar-refractivity contribution is 7.17. The summed E-state index contributed by atoms with van der Waals surface area (Å²) in [6.45, 7) is 4.24. The summed E-state index contributed by atoms with van der Waals surface area (Å²) in [6.07, 6.45) is 3.41. The van der Waals surface area contributed by atoms with E-state index in [1.54, 1.807) is 4.90 Å². The van der Waals surface area contributed by atoms with Crippen LogP contribution in [0.2, 0.25) is 0 Å². The predicted molar refractivity (Wildman–Crippen MR) is 127 cm³/mol. The van der Waals surface area contributed by atoms with Gasteiger partial charge in [0.05, 0.1) is 6.54 Å². The van der Waals surface area contributed by atoms with Crippen molar-refractivity contribution < 1.29 is 13.6 Å². The summed E-state index contributed by atoms with van der Waals surface area (Å²) >= 11 is 1.26. The van der Waals surface area contributed by atoms with Crippen molar-refractivity contribution in [2.75, 3.05) is 37.6 Å². The number of aromatic amines is 1. The first-order valence-corrected chi connectivity index (χ1v) is 12.3. The molecular weight excluding hydrogens is 446 g/mol. The number of halogens is 2. The molecule has 1 aliphatic rings. The van der Waals surface area contributed by atoms with Gasteiger partial charge in [0.1, 0.15) is 0 Å². The van der Waals surface area contributed by atoms with Gasteiger partial charge in [-0.05, 0) is 24.5 Å². The summed E-state index contributed by atoms with van der Waals surface area (Å²) in [5.41, 5.74) is 2.28. The molecule has 10 heteroatoms. The van der Waals surface area contributed by atoms with Gasteiger partial charge in [-0.25, -0.2) is 8.78 Å². The highest BCUT2D eigenvalue weighted by atomic mass is 32.1. The van der Waals surface area contributed by atoms with Gasteiger partial charge < -0.3 is 15.2 Å². The lowest BCUT2D eigenvalue weighted by atomic mass is 10.0. The second kappa shape index (κ2) is 11.0. The number of piperazine rings is 1. The first kappa shape index (κ1) is 23.6. The van der Waals surface area contributed by atoms with Crippen molar-refractivity contribution in [3.8, 4) is 0 Å². The fourth-order valence-electron chi connectivity index (χ4n) is 4.24. The molecule has 0 aliphatic carbocycles. The van der Waals surface area contributed by atoms with Crippen molar-refractivity contribution in [3.05, 3.63) is 41.0 Å². The zero-order valence-corrected chi connectivity index (χ0v) is 19.6. The molecule has 2 aromatic heterocycles. The summed E-state index contributed by atoms with van der Waals surface area (Å²) in [5, 5.41) is 13.6. The topological polar surface area (TPSA) is 77.1 Å². The van der Waals surface area contributed by atoms with Crippen LogP contribution >= 0.6 is 11.3 Å². The van der Waals surface area contributed by atoms with E-state index in [2.05, 4.69) is 39.6 Å². The highest BCUT2D eigenvalue weighted by Gasteiger charge is 2.24. The van der Waals surface area contributed by atoms with Crippen molar-refractivity contribution in [1.82, 2.24) is 25.4 Å². The van der Waals surface area contributed by atoms with Crippen molar-refractivity contribution in [2.45, 2.75) is 45.1 Å². The number of aromatic nitrogens is 3. The molecule has 1 saturated heterocycles. The maximum atomic E-state index is 13.0. The number of carbonyl (C=O) groups excluding carboxylic acids is 1. The number of rotatable bonds is 10. The normalized spacial score (nSPS) is 15.9. The molecule has 1 aromatic carbocycles. The van der Waals surface area contributed by atoms with Crippen LogP contribution in [0.4, 0.5) is 13.9 Å². The molecule has 1 amide bonds. The first-order chi connectivity index (χ1) is 16.0. The maximum Gasteiger partial charge on any atom is 0.282 e. The molecule has 33 heavy (non-hydrogen) atoms. The van der Waals surface area contributed by atoms with E-state index in [-0.39, 0.29) is 18.5 Å². The van der Waals surface area contributed by atoms with Crippen LogP contribution in [0, 0.1) is 0 Å². The van der Waals surface area contributed by atoms with Gasteiger partial charge in [0.15, 0.2) is 0 Å². The summed E-state index contributed by atoms with van der Waals surface area (Å²) in [7, 11) is 0. The Morgan fingerprint density at radius 1 is 1.21 bits per heavy atom. The number of anilines is 1. The summed E-state index contributed by atoms with van der Waals surface area (Å²) < 4.78 is 25.2. The number of benzene rings is 1. The van der Waals surface area contributed by atoms with Gasteiger partial charge >= 0.3 is 0 Å². The Hall–Kier alpha value is -2.59. The Labute approximate surface area is 196 Å². The van der Waals surface area contributed by atoms with Crippen molar-refractivity contribution in [3.63, 3.8) is 0 Å². The van der Waals surface area contributed by atoms with Crippen molar-refractivity contribution in [2.24, 2.45) is 0 Å². The summed E-state index contributed by atoms with van der Waals surface area (Å²) in [4.78, 5) is 20.0. The van der Waals surface area contributed by atoms with E-state index in [1.165, 1.54) is 22.3 Å². The number of hydrogen-bond acceptors (Lipinski definition) is 6. The van der Waals surface area contributed by atoms with E-state index in [1.807, 2.05) is 23.2 Å². The van der Waals surface area contributed by atoms with E-state index in [0.29, 0.717) is 36.3 Å². The third-order valence-corrected chi connectivity index (χ3v) is 7.01. The van der Waals surface area contributed by atoms with Crippen LogP contribution in [0.3, 0.4) is 0 Å². The lowest BCUT2D eigenvalue weighted by Gasteiger charge is -2.33. The van der Waals surface area contributed by atoms with Crippen LogP contribution in [0.1, 0.15) is 41.6 Å². The molecule has 1 unspecified atom stereocenters. The van der Waals surface area contributed by atoms with E-state index < -0.39 is 6.43 Å². The molecule has 0 saturated carbocycles. The molecule has 0 radical (unpaired) electrons. The third-order valence-electron chi connectivity index (χ3n) is 6.03. The van der Waals surface area contributed by atoms with Gasteiger partial charge in [0.25, 0.3) is 12.3 Å². The van der Waals surface area contributed by atoms with E-state index in [9.17, 15) is 13.6 Å². The number of alkyl halides is 2. The molecule has 0 spiro atoms. The second-order valence-corrected chi connectivity index (χ2v) is 9.40. The third kappa shape index (κ3) is 6.05. The standard InChI is InChI=1S/C23H30F2N6OS/c1-2-3-6-17(13-16-14-26-19-8-5-4-7-18(16)19)27-21(32)22-28-29-23(33-22)31-11-9-30(10-12-31)15-20(24)25/h4-5,7-8,14,17,20,26H,2-3,6,9-13,15H2,1H3,(H,27,32). The summed E-state index contributed by atoms with van der Waals surface area (Å²) in [6, 6.07) is 8.17. The first-order valence-electron chi connectivity index (χ1n) is 11.5. The number of nitrogens with zero attached hydrogens (tertiary/aromatic N) is 4. The van der Waals surface area contributed by atoms with Crippen molar-refractivity contribution >= 4 is 33.3 Å². The number of amides is 1. The Balaban J connectivity index is 1.38. The number of para-hydroxylation sites is 1. The zero-order chi connectivity index (χ0) is 23.2. The molecule has 4 rings (SSSR count). The fourth-order valence-corrected chi connectivity index (χ4v) is 5.04. The Bertz CT molecular complexity index is 1050. The lowest BCUT2D eigenvalue weighted by Crippen LogP contribution is -2.47. The van der Waals surface area contributed by atoms with Gasteiger partial charge in [-0.15, -0.1) is 10.2 Å². The molecule has 3 aromatic rings. The SMILES string of the molecule is CCCCC(Cc1c[nH]c2ccccc12)NC(=O)c1nnc(N2CCN(CC(F)F)CC2)s1. The van der Waals surface area contributed by atoms with Gasteiger partial charge in [0.2, 0.25) is 10.1 Å². The van der Waals surface area contributed by atoms with Gasteiger partial charge in [0, 0.05) is 49.3 Å². The number of H-pyrrole nitrogens is 1. The zero-order valence-electron chi connectivity index (χ0n) is 18.8. The van der Waals surface area contributed by atoms with Crippen LogP contribution in [0.25, 0.3) is 10.9 Å². The molecule has 1 aliphatic heterocycles. The minimum absolute atomic E-state index is 0.00176. The average molecular weight is 477 g/mol. The van der Waals surface area contributed by atoms with Crippen LogP contribution in [-0.2, 0) is 6.42 Å². The minimum atomic E-state index is -2.32. The van der Waals surface area contributed by atoms with E-state index >= 15 is 0 Å². The molecule has 0 bridgehead atoms. The molecule has 1 fully saturated rings. The van der Waals surface area contributed by atoms with Crippen LogP contribution in [0.15, 0.2) is 30.5 Å². The fraction of sp³-hybridized carbons (Fsp3) is 0.522. The van der Waals surface area contributed by atoms with Crippen molar-refractivity contribution in [1.29, 1.82) is 0 Å². The second-order valence-electron chi connectivity index (χ2n) is 8.44. The monoisotopic (exact) mass is 476 g/mol.